The van der Waals surface area contributed by atoms with Crippen LogP contribution >= 0.6 is 11.8 Å². The lowest BCUT2D eigenvalue weighted by atomic mass is 10.3. The van der Waals surface area contributed by atoms with Gasteiger partial charge in [-0.2, -0.15) is 0 Å². The summed E-state index contributed by atoms with van der Waals surface area (Å²) in [4.78, 5) is 36.0. The third-order valence-corrected chi connectivity index (χ3v) is 2.52. The third-order valence-electron chi connectivity index (χ3n) is 1.60. The first-order chi connectivity index (χ1) is 7.99. The van der Waals surface area contributed by atoms with E-state index in [4.69, 9.17) is 10.8 Å². The summed E-state index contributed by atoms with van der Waals surface area (Å²) in [7, 11) is 0. The Balaban J connectivity index is 2.57. The minimum atomic E-state index is -1.07. The molecule has 0 fully saturated rings. The summed E-state index contributed by atoms with van der Waals surface area (Å²) in [6.07, 6.45) is 1.33. The minimum absolute atomic E-state index is 0.0704. The van der Waals surface area contributed by atoms with Crippen LogP contribution in [0.3, 0.4) is 0 Å². The normalized spacial score (nSPS) is 9.65. The highest BCUT2D eigenvalue weighted by molar-refractivity contribution is 7.99. The zero-order valence-electron chi connectivity index (χ0n) is 8.54. The number of rotatable bonds is 4. The molecule has 1 rings (SSSR count). The van der Waals surface area contributed by atoms with E-state index in [2.05, 4.69) is 4.98 Å². The van der Waals surface area contributed by atoms with Crippen LogP contribution in [0.2, 0.25) is 0 Å². The van der Waals surface area contributed by atoms with Crippen molar-refractivity contribution < 1.29 is 19.5 Å². The van der Waals surface area contributed by atoms with Gasteiger partial charge in [0.15, 0.2) is 0 Å². The first kappa shape index (κ1) is 13.0. The maximum Gasteiger partial charge on any atom is 0.335 e. The average Bonchev–Trinajstić information content (AvgIpc) is 2.26. The summed E-state index contributed by atoms with van der Waals surface area (Å²) in [5, 5.41) is 11.0. The number of carboxylic acid groups (broad SMARTS) is 1. The van der Waals surface area contributed by atoms with Crippen molar-refractivity contribution >= 4 is 29.7 Å². The van der Waals surface area contributed by atoms with Gasteiger partial charge in [-0.3, -0.25) is 10.1 Å². The molecule has 0 aliphatic rings. The molecule has 0 radical (unpaired) electrons. The number of imide groups is 1. The van der Waals surface area contributed by atoms with Crippen LogP contribution in [0.4, 0.5) is 4.79 Å². The number of carboxylic acids is 1. The number of hydrogen-bond donors (Lipinski definition) is 3. The molecule has 1 aromatic heterocycles. The number of nitrogens with zero attached hydrogens (tertiary/aromatic N) is 1. The predicted octanol–water partition coefficient (Wildman–Crippen LogP) is 0.0668. The van der Waals surface area contributed by atoms with E-state index in [1.165, 1.54) is 18.3 Å². The number of thioether (sulfide) groups is 1. The fraction of sp³-hybridized carbons (Fsp3) is 0.111. The second-order valence-electron chi connectivity index (χ2n) is 2.89. The van der Waals surface area contributed by atoms with Crippen LogP contribution < -0.4 is 11.1 Å². The van der Waals surface area contributed by atoms with E-state index in [0.29, 0.717) is 5.03 Å². The van der Waals surface area contributed by atoms with Crippen molar-refractivity contribution in [1.29, 1.82) is 0 Å². The maximum atomic E-state index is 11.1. The minimum Gasteiger partial charge on any atom is -0.478 e. The van der Waals surface area contributed by atoms with E-state index >= 15 is 0 Å². The number of primary amides is 1. The monoisotopic (exact) mass is 255 g/mol. The van der Waals surface area contributed by atoms with E-state index < -0.39 is 17.9 Å². The van der Waals surface area contributed by atoms with Crippen LogP contribution in [-0.4, -0.2) is 33.8 Å². The van der Waals surface area contributed by atoms with Gasteiger partial charge in [0.25, 0.3) is 0 Å². The van der Waals surface area contributed by atoms with E-state index in [1.807, 2.05) is 5.32 Å². The lowest BCUT2D eigenvalue weighted by Gasteiger charge is -2.01. The molecular formula is C9H9N3O4S. The Labute approximate surface area is 100 Å². The third kappa shape index (κ3) is 4.51. The highest BCUT2D eigenvalue weighted by atomic mass is 32.2. The van der Waals surface area contributed by atoms with Gasteiger partial charge < -0.3 is 10.8 Å². The van der Waals surface area contributed by atoms with Crippen molar-refractivity contribution in [2.24, 2.45) is 5.73 Å². The standard InChI is InChI=1S/C9H9N3O4S/c10-9(16)12-6(13)4-17-7-3-5(8(14)15)1-2-11-7/h1-3H,4H2,(H,14,15)(H3,10,12,13,16). The molecule has 1 heterocycles. The first-order valence-electron chi connectivity index (χ1n) is 4.40. The number of nitrogens with one attached hydrogen (secondary N) is 1. The van der Waals surface area contributed by atoms with Crippen LogP contribution in [0.15, 0.2) is 23.4 Å². The maximum absolute atomic E-state index is 11.1. The molecule has 0 bridgehead atoms. The van der Waals surface area contributed by atoms with Crippen LogP contribution in [-0.2, 0) is 4.79 Å². The van der Waals surface area contributed by atoms with E-state index in [-0.39, 0.29) is 11.3 Å². The van der Waals surface area contributed by atoms with Crippen molar-refractivity contribution in [2.45, 2.75) is 5.03 Å². The van der Waals surface area contributed by atoms with Crippen molar-refractivity contribution in [3.8, 4) is 0 Å². The Morgan fingerprint density at radius 2 is 2.18 bits per heavy atom. The summed E-state index contributed by atoms with van der Waals surface area (Å²) in [6, 6.07) is 1.75. The van der Waals surface area contributed by atoms with Gasteiger partial charge in [-0.25, -0.2) is 14.6 Å². The Bertz CT molecular complexity index is 463. The number of carbonyl (C=O) groups is 3. The quantitative estimate of drug-likeness (QED) is 0.654. The number of amides is 3. The van der Waals surface area contributed by atoms with E-state index in [9.17, 15) is 14.4 Å². The molecule has 0 saturated heterocycles. The molecule has 90 valence electrons. The Hall–Kier alpha value is -2.09. The Morgan fingerprint density at radius 3 is 2.76 bits per heavy atom. The highest BCUT2D eigenvalue weighted by Gasteiger charge is 2.08. The molecule has 0 unspecified atom stereocenters. The summed E-state index contributed by atoms with van der Waals surface area (Å²) in [5.74, 6) is -1.71. The number of hydrogen-bond acceptors (Lipinski definition) is 5. The number of urea groups is 1. The predicted molar refractivity (Wildman–Crippen MR) is 59.6 cm³/mol. The second kappa shape index (κ2) is 5.85. The van der Waals surface area contributed by atoms with Gasteiger partial charge >= 0.3 is 12.0 Å². The summed E-state index contributed by atoms with van der Waals surface area (Å²) in [5.41, 5.74) is 4.83. The van der Waals surface area contributed by atoms with Crippen molar-refractivity contribution in [2.75, 3.05) is 5.75 Å². The first-order valence-corrected chi connectivity index (χ1v) is 5.39. The topological polar surface area (TPSA) is 122 Å². The molecule has 0 atom stereocenters. The number of carbonyl (C=O) groups excluding carboxylic acids is 2. The molecule has 0 spiro atoms. The highest BCUT2D eigenvalue weighted by Crippen LogP contribution is 2.15. The van der Waals surface area contributed by atoms with Crippen LogP contribution in [0.25, 0.3) is 0 Å². The van der Waals surface area contributed by atoms with Crippen LogP contribution in [0.1, 0.15) is 10.4 Å². The Morgan fingerprint density at radius 1 is 1.47 bits per heavy atom. The van der Waals surface area contributed by atoms with Gasteiger partial charge in [-0.1, -0.05) is 11.8 Å². The molecule has 1 aromatic rings. The zero-order chi connectivity index (χ0) is 12.8. The fourth-order valence-electron chi connectivity index (χ4n) is 0.934. The SMILES string of the molecule is NC(=O)NC(=O)CSc1cc(C(=O)O)ccn1. The second-order valence-corrected chi connectivity index (χ2v) is 3.88. The van der Waals surface area contributed by atoms with Crippen LogP contribution in [0.5, 0.6) is 0 Å². The summed E-state index contributed by atoms with van der Waals surface area (Å²) >= 11 is 1.01. The number of aromatic nitrogens is 1. The Kier molecular flexibility index (Phi) is 4.46. The van der Waals surface area contributed by atoms with Crippen molar-refractivity contribution in [3.63, 3.8) is 0 Å². The largest absolute Gasteiger partial charge is 0.478 e. The lowest BCUT2D eigenvalue weighted by Crippen LogP contribution is -2.36. The number of aromatic carboxylic acids is 1. The summed E-state index contributed by atoms with van der Waals surface area (Å²) in [6.45, 7) is 0. The van der Waals surface area contributed by atoms with E-state index in [1.54, 1.807) is 0 Å². The molecule has 4 N–H and O–H groups in total. The molecule has 7 nitrogen and oxygen atoms in total. The van der Waals surface area contributed by atoms with Gasteiger partial charge in [0, 0.05) is 6.20 Å². The van der Waals surface area contributed by atoms with Crippen LogP contribution in [0, 0.1) is 0 Å². The van der Waals surface area contributed by atoms with E-state index in [0.717, 1.165) is 11.8 Å². The average molecular weight is 255 g/mol. The molecule has 8 heteroatoms. The number of pyridine rings is 1. The molecular weight excluding hydrogens is 246 g/mol. The fourth-order valence-corrected chi connectivity index (χ4v) is 1.63. The van der Waals surface area contributed by atoms with Crippen molar-refractivity contribution in [3.05, 3.63) is 23.9 Å². The molecule has 0 aliphatic carbocycles. The molecule has 0 aromatic carbocycles. The van der Waals surface area contributed by atoms with Gasteiger partial charge in [0.05, 0.1) is 16.3 Å². The van der Waals surface area contributed by atoms with Gasteiger partial charge in [0.1, 0.15) is 0 Å². The lowest BCUT2D eigenvalue weighted by molar-refractivity contribution is -0.117. The molecule has 0 aliphatic heterocycles. The molecule has 17 heavy (non-hydrogen) atoms. The number of nitrogens with two attached hydrogens (primary N) is 1. The van der Waals surface area contributed by atoms with Gasteiger partial charge in [0.2, 0.25) is 5.91 Å². The molecule has 0 saturated carbocycles. The van der Waals surface area contributed by atoms with Gasteiger partial charge in [-0.05, 0) is 12.1 Å². The molecule has 3 amide bonds. The van der Waals surface area contributed by atoms with Crippen molar-refractivity contribution in [1.82, 2.24) is 10.3 Å². The van der Waals surface area contributed by atoms with Gasteiger partial charge in [-0.15, -0.1) is 0 Å². The zero-order valence-corrected chi connectivity index (χ0v) is 9.36. The summed E-state index contributed by atoms with van der Waals surface area (Å²) < 4.78 is 0. The smallest absolute Gasteiger partial charge is 0.335 e.